The van der Waals surface area contributed by atoms with Gasteiger partial charge in [-0.05, 0) is 18.7 Å². The van der Waals surface area contributed by atoms with E-state index in [2.05, 4.69) is 22.4 Å². The molecule has 20 heavy (non-hydrogen) atoms. The number of ether oxygens (including phenoxy) is 2. The molecule has 0 bridgehead atoms. The SMILES string of the molecule is C=[N+](C)[N-]c1ccccc1OCOC/C(=C\C)N=NC. The van der Waals surface area contributed by atoms with Crippen molar-refractivity contribution in [1.29, 1.82) is 0 Å². The Bertz CT molecular complexity index is 498. The molecule has 0 saturated carbocycles. The Balaban J connectivity index is 2.48. The minimum absolute atomic E-state index is 0.115. The molecule has 0 fully saturated rings. The lowest BCUT2D eigenvalue weighted by Gasteiger charge is -2.18. The van der Waals surface area contributed by atoms with Crippen molar-refractivity contribution in [2.45, 2.75) is 6.92 Å². The molecule has 0 heterocycles. The largest absolute Gasteiger partial charge is 0.469 e. The van der Waals surface area contributed by atoms with E-state index in [-0.39, 0.29) is 6.79 Å². The van der Waals surface area contributed by atoms with Crippen molar-refractivity contribution in [1.82, 2.24) is 0 Å². The molecule has 1 aromatic carbocycles. The van der Waals surface area contributed by atoms with Gasteiger partial charge in [-0.2, -0.15) is 10.2 Å². The predicted octanol–water partition coefficient (Wildman–Crippen LogP) is 3.29. The molecule has 6 nitrogen and oxygen atoms in total. The normalized spacial score (nSPS) is 11.7. The Labute approximate surface area is 119 Å². The van der Waals surface area contributed by atoms with Gasteiger partial charge in [0.1, 0.15) is 19.5 Å². The van der Waals surface area contributed by atoms with Gasteiger partial charge in [0.25, 0.3) is 0 Å². The van der Waals surface area contributed by atoms with Gasteiger partial charge in [0.15, 0.2) is 6.79 Å². The summed E-state index contributed by atoms with van der Waals surface area (Å²) < 4.78 is 12.4. The fraction of sp³-hybridized carbons (Fsp3) is 0.357. The molecule has 0 aliphatic rings. The van der Waals surface area contributed by atoms with Crippen LogP contribution in [-0.2, 0) is 4.74 Å². The second kappa shape index (κ2) is 8.82. The van der Waals surface area contributed by atoms with E-state index in [4.69, 9.17) is 9.47 Å². The van der Waals surface area contributed by atoms with Crippen molar-refractivity contribution in [3.8, 4) is 5.75 Å². The van der Waals surface area contributed by atoms with Crippen LogP contribution in [0.25, 0.3) is 5.43 Å². The molecule has 0 amide bonds. The number of nitrogens with zero attached hydrogens (tertiary/aromatic N) is 4. The smallest absolute Gasteiger partial charge is 0.189 e. The first kappa shape index (κ1) is 15.8. The van der Waals surface area contributed by atoms with Crippen molar-refractivity contribution in [2.75, 3.05) is 27.5 Å². The lowest BCUT2D eigenvalue weighted by molar-refractivity contribution is -0.428. The summed E-state index contributed by atoms with van der Waals surface area (Å²) in [6.07, 6.45) is 1.84. The molecule has 0 N–H and O–H groups in total. The summed E-state index contributed by atoms with van der Waals surface area (Å²) in [4.78, 5) is 0. The van der Waals surface area contributed by atoms with E-state index in [1.54, 1.807) is 14.1 Å². The van der Waals surface area contributed by atoms with Crippen molar-refractivity contribution in [3.05, 3.63) is 41.5 Å². The maximum atomic E-state index is 5.54. The zero-order valence-electron chi connectivity index (χ0n) is 12.1. The number of benzene rings is 1. The van der Waals surface area contributed by atoms with E-state index in [1.165, 1.54) is 4.68 Å². The molecule has 0 aromatic heterocycles. The molecule has 0 aliphatic carbocycles. The average Bonchev–Trinajstić information content (AvgIpc) is 2.43. The van der Waals surface area contributed by atoms with Gasteiger partial charge < -0.3 is 14.9 Å². The Kier molecular flexibility index (Phi) is 6.99. The van der Waals surface area contributed by atoms with Gasteiger partial charge in [0, 0.05) is 7.05 Å². The van der Waals surface area contributed by atoms with Crippen molar-refractivity contribution >= 4 is 12.4 Å². The predicted molar refractivity (Wildman–Crippen MR) is 78.8 cm³/mol. The number of hydrogen-bond acceptors (Lipinski definition) is 4. The van der Waals surface area contributed by atoms with Crippen LogP contribution >= 0.6 is 0 Å². The van der Waals surface area contributed by atoms with Gasteiger partial charge in [-0.25, -0.2) is 0 Å². The fourth-order valence-corrected chi connectivity index (χ4v) is 1.40. The molecule has 1 aromatic rings. The summed E-state index contributed by atoms with van der Waals surface area (Å²) in [5, 5.41) is 7.62. The quantitative estimate of drug-likeness (QED) is 0.183. The van der Waals surface area contributed by atoms with E-state index in [9.17, 15) is 0 Å². The Morgan fingerprint density at radius 3 is 2.85 bits per heavy atom. The lowest BCUT2D eigenvalue weighted by Crippen LogP contribution is -2.05. The highest BCUT2D eigenvalue weighted by Crippen LogP contribution is 2.30. The van der Waals surface area contributed by atoms with Crippen molar-refractivity contribution < 1.29 is 14.2 Å². The second-order valence-corrected chi connectivity index (χ2v) is 3.92. The first-order valence-electron chi connectivity index (χ1n) is 6.17. The fourth-order valence-electron chi connectivity index (χ4n) is 1.40. The van der Waals surface area contributed by atoms with Crippen LogP contribution in [0.1, 0.15) is 6.92 Å². The van der Waals surface area contributed by atoms with Crippen molar-refractivity contribution in [3.63, 3.8) is 0 Å². The van der Waals surface area contributed by atoms with Crippen LogP contribution in [0.15, 0.2) is 46.3 Å². The molecule has 0 saturated heterocycles. The number of rotatable bonds is 8. The highest BCUT2D eigenvalue weighted by Gasteiger charge is 1.99. The lowest BCUT2D eigenvalue weighted by atomic mass is 10.3. The molecule has 108 valence electrons. The van der Waals surface area contributed by atoms with Crippen LogP contribution in [-0.4, -0.2) is 38.9 Å². The molecular weight excluding hydrogens is 256 g/mol. The third kappa shape index (κ3) is 5.62. The third-order valence-corrected chi connectivity index (χ3v) is 2.25. The molecule has 6 heteroatoms. The molecule has 0 atom stereocenters. The van der Waals surface area contributed by atoms with Crippen LogP contribution in [0.2, 0.25) is 0 Å². The maximum absolute atomic E-state index is 5.54. The topological polar surface area (TPSA) is 60.3 Å². The third-order valence-electron chi connectivity index (χ3n) is 2.25. The molecule has 0 unspecified atom stereocenters. The van der Waals surface area contributed by atoms with Gasteiger partial charge in [0.2, 0.25) is 0 Å². The van der Waals surface area contributed by atoms with Crippen LogP contribution in [0, 0.1) is 0 Å². The first-order valence-corrected chi connectivity index (χ1v) is 6.17. The zero-order chi connectivity index (χ0) is 14.8. The zero-order valence-corrected chi connectivity index (χ0v) is 12.1. The van der Waals surface area contributed by atoms with Crippen LogP contribution in [0.5, 0.6) is 5.75 Å². The van der Waals surface area contributed by atoms with Gasteiger partial charge in [-0.15, -0.1) is 0 Å². The van der Waals surface area contributed by atoms with E-state index < -0.39 is 0 Å². The minimum Gasteiger partial charge on any atom is -0.469 e. The van der Waals surface area contributed by atoms with Crippen LogP contribution < -0.4 is 4.74 Å². The summed E-state index contributed by atoms with van der Waals surface area (Å²) >= 11 is 0. The van der Waals surface area contributed by atoms with Gasteiger partial charge >= 0.3 is 0 Å². The maximum Gasteiger partial charge on any atom is 0.189 e. The van der Waals surface area contributed by atoms with E-state index in [1.807, 2.05) is 37.3 Å². The molecule has 0 radical (unpaired) electrons. The monoisotopic (exact) mass is 276 g/mol. The molecule has 0 spiro atoms. The Morgan fingerprint density at radius 1 is 1.45 bits per heavy atom. The second-order valence-electron chi connectivity index (χ2n) is 3.92. The van der Waals surface area contributed by atoms with Gasteiger partial charge in [-0.1, -0.05) is 24.3 Å². The number of hydrogen-bond donors (Lipinski definition) is 0. The molecule has 1 rings (SSSR count). The Morgan fingerprint density at radius 2 is 2.20 bits per heavy atom. The molecular formula is C14H20N4O2. The molecule has 0 aliphatic heterocycles. The highest BCUT2D eigenvalue weighted by molar-refractivity contribution is 5.57. The summed E-state index contributed by atoms with van der Waals surface area (Å²) in [5.74, 6) is 0.641. The number of para-hydroxylation sites is 1. The van der Waals surface area contributed by atoms with E-state index >= 15 is 0 Å². The number of allylic oxidation sites excluding steroid dienone is 1. The first-order chi connectivity index (χ1) is 9.67. The van der Waals surface area contributed by atoms with Crippen LogP contribution in [0.4, 0.5) is 5.69 Å². The summed E-state index contributed by atoms with van der Waals surface area (Å²) in [7, 11) is 3.37. The van der Waals surface area contributed by atoms with Crippen molar-refractivity contribution in [2.24, 2.45) is 10.2 Å². The van der Waals surface area contributed by atoms with Gasteiger partial charge in [0.05, 0.1) is 12.3 Å². The Hall–Kier alpha value is -2.21. The van der Waals surface area contributed by atoms with Crippen LogP contribution in [0.3, 0.4) is 0 Å². The number of azo groups is 1. The average molecular weight is 276 g/mol. The summed E-state index contributed by atoms with van der Waals surface area (Å²) in [6.45, 7) is 6.02. The summed E-state index contributed by atoms with van der Waals surface area (Å²) in [5.41, 5.74) is 5.67. The summed E-state index contributed by atoms with van der Waals surface area (Å²) in [6, 6.07) is 7.43. The van der Waals surface area contributed by atoms with Gasteiger partial charge in [-0.3, -0.25) is 4.68 Å². The van der Waals surface area contributed by atoms with E-state index in [0.717, 1.165) is 5.70 Å². The van der Waals surface area contributed by atoms with E-state index in [0.29, 0.717) is 18.0 Å². The standard InChI is InChI=1S/C14H20N4O2/c1-5-12(16-15-2)10-19-11-20-14-9-7-6-8-13(14)17-18(3)4/h5-9H,3,10-11H2,1-2,4H3/b12-5+,16-15?. The highest BCUT2D eigenvalue weighted by atomic mass is 16.7. The minimum atomic E-state index is 0.115.